The zero-order valence-electron chi connectivity index (χ0n) is 7.54. The van der Waals surface area contributed by atoms with E-state index >= 15 is 0 Å². The molecule has 1 aliphatic heterocycles. The molecule has 6 heteroatoms. The molecular weight excluding hydrogens is 186 g/mol. The Bertz CT molecular complexity index is 312. The molecule has 14 heavy (non-hydrogen) atoms. The monoisotopic (exact) mass is 197 g/mol. The van der Waals surface area contributed by atoms with Gasteiger partial charge in [0.15, 0.2) is 0 Å². The molecular formula is C8H11N3O3. The van der Waals surface area contributed by atoms with Crippen LogP contribution >= 0.6 is 0 Å². The van der Waals surface area contributed by atoms with E-state index in [0.29, 0.717) is 0 Å². The molecule has 1 N–H and O–H groups in total. The highest BCUT2D eigenvalue weighted by molar-refractivity contribution is 5.75. The predicted octanol–water partition coefficient (Wildman–Crippen LogP) is -0.982. The minimum absolute atomic E-state index is 0.139. The lowest BCUT2D eigenvalue weighted by Crippen LogP contribution is -2.31. The second-order valence-corrected chi connectivity index (χ2v) is 3.11. The van der Waals surface area contributed by atoms with Crippen LogP contribution in [0, 0.1) is 0 Å². The first kappa shape index (κ1) is 9.17. The molecule has 0 radical (unpaired) electrons. The Balaban J connectivity index is 1.90. The first-order chi connectivity index (χ1) is 6.75. The Kier molecular flexibility index (Phi) is 2.47. The van der Waals surface area contributed by atoms with Crippen LogP contribution in [0.1, 0.15) is 0 Å². The van der Waals surface area contributed by atoms with E-state index in [4.69, 9.17) is 9.94 Å². The van der Waals surface area contributed by atoms with E-state index in [1.165, 1.54) is 9.75 Å². The molecule has 1 aromatic heterocycles. The van der Waals surface area contributed by atoms with Gasteiger partial charge < -0.3 is 5.11 Å². The van der Waals surface area contributed by atoms with E-state index < -0.39 is 6.10 Å². The van der Waals surface area contributed by atoms with Crippen LogP contribution in [0.2, 0.25) is 0 Å². The van der Waals surface area contributed by atoms with Crippen LogP contribution in [-0.2, 0) is 16.2 Å². The van der Waals surface area contributed by atoms with Gasteiger partial charge in [0, 0.05) is 12.4 Å². The normalized spacial score (nSPS) is 21.5. The van der Waals surface area contributed by atoms with Crippen LogP contribution < -0.4 is 0 Å². The smallest absolute Gasteiger partial charge is 0.267 e. The molecule has 1 atom stereocenters. The Labute approximate surface area is 80.6 Å². The Morgan fingerprint density at radius 2 is 2.57 bits per heavy atom. The molecule has 0 aliphatic carbocycles. The standard InChI is InChI=1S/C8H11N3O3/c12-7-4-11(14-6-7)8(13)5-10-3-1-2-9-10/h1-3,7,12H,4-6H2/t7-/m1/s1. The maximum atomic E-state index is 11.5. The SMILES string of the molecule is O=C(Cn1cccn1)N1C[C@@H](O)CO1. The molecule has 2 heterocycles. The van der Waals surface area contributed by atoms with E-state index in [0.717, 1.165) is 0 Å². The molecule has 1 aliphatic rings. The molecule has 0 aromatic carbocycles. The van der Waals surface area contributed by atoms with Crippen molar-refractivity contribution in [1.82, 2.24) is 14.8 Å². The zero-order chi connectivity index (χ0) is 9.97. The number of carbonyl (C=O) groups excluding carboxylic acids is 1. The van der Waals surface area contributed by atoms with Gasteiger partial charge in [-0.3, -0.25) is 14.3 Å². The van der Waals surface area contributed by atoms with Crippen LogP contribution in [0.4, 0.5) is 0 Å². The fourth-order valence-electron chi connectivity index (χ4n) is 1.26. The van der Waals surface area contributed by atoms with Crippen molar-refractivity contribution < 1.29 is 14.7 Å². The highest BCUT2D eigenvalue weighted by Crippen LogP contribution is 2.06. The molecule has 2 rings (SSSR count). The number of rotatable bonds is 2. The van der Waals surface area contributed by atoms with Gasteiger partial charge in [0.2, 0.25) is 0 Å². The summed E-state index contributed by atoms with van der Waals surface area (Å²) in [6.45, 7) is 0.560. The fourth-order valence-corrected chi connectivity index (χ4v) is 1.26. The summed E-state index contributed by atoms with van der Waals surface area (Å²) in [5, 5.41) is 14.2. The van der Waals surface area contributed by atoms with Crippen molar-refractivity contribution in [3.05, 3.63) is 18.5 Å². The van der Waals surface area contributed by atoms with Crippen LogP contribution in [0.3, 0.4) is 0 Å². The summed E-state index contributed by atoms with van der Waals surface area (Å²) >= 11 is 0. The first-order valence-corrected chi connectivity index (χ1v) is 4.34. The van der Waals surface area contributed by atoms with E-state index in [-0.39, 0.29) is 25.6 Å². The summed E-state index contributed by atoms with van der Waals surface area (Å²) in [5.41, 5.74) is 0. The van der Waals surface area contributed by atoms with Gasteiger partial charge in [0.05, 0.1) is 12.6 Å². The second kappa shape index (κ2) is 3.77. The third-order valence-electron chi connectivity index (χ3n) is 1.93. The summed E-state index contributed by atoms with van der Waals surface area (Å²) in [5.74, 6) is -0.203. The number of aliphatic hydroxyl groups excluding tert-OH is 1. The summed E-state index contributed by atoms with van der Waals surface area (Å²) < 4.78 is 1.51. The highest BCUT2D eigenvalue weighted by atomic mass is 16.7. The van der Waals surface area contributed by atoms with Gasteiger partial charge in [-0.1, -0.05) is 0 Å². The quantitative estimate of drug-likeness (QED) is 0.661. The summed E-state index contributed by atoms with van der Waals surface area (Å²) in [4.78, 5) is 16.5. The average Bonchev–Trinajstić information content (AvgIpc) is 2.75. The van der Waals surface area contributed by atoms with Gasteiger partial charge in [0.25, 0.3) is 5.91 Å². The van der Waals surface area contributed by atoms with E-state index in [9.17, 15) is 4.79 Å². The second-order valence-electron chi connectivity index (χ2n) is 3.11. The number of hydroxylamine groups is 2. The number of amides is 1. The Morgan fingerprint density at radius 1 is 1.71 bits per heavy atom. The molecule has 76 valence electrons. The van der Waals surface area contributed by atoms with Crippen molar-refractivity contribution in [2.75, 3.05) is 13.2 Å². The largest absolute Gasteiger partial charge is 0.389 e. The summed E-state index contributed by atoms with van der Waals surface area (Å²) in [6, 6.07) is 1.74. The number of hydrogen-bond acceptors (Lipinski definition) is 4. The molecule has 6 nitrogen and oxygen atoms in total. The number of carbonyl (C=O) groups is 1. The van der Waals surface area contributed by atoms with Crippen molar-refractivity contribution in [3.8, 4) is 0 Å². The molecule has 1 fully saturated rings. The molecule has 0 unspecified atom stereocenters. The van der Waals surface area contributed by atoms with Crippen molar-refractivity contribution in [2.24, 2.45) is 0 Å². The van der Waals surface area contributed by atoms with Crippen LogP contribution in [0.25, 0.3) is 0 Å². The average molecular weight is 197 g/mol. The van der Waals surface area contributed by atoms with Gasteiger partial charge in [-0.2, -0.15) is 5.10 Å². The van der Waals surface area contributed by atoms with Gasteiger partial charge in [-0.15, -0.1) is 0 Å². The minimum atomic E-state index is -0.573. The van der Waals surface area contributed by atoms with Crippen molar-refractivity contribution in [2.45, 2.75) is 12.6 Å². The van der Waals surface area contributed by atoms with Crippen LogP contribution in [-0.4, -0.2) is 45.1 Å². The minimum Gasteiger partial charge on any atom is -0.389 e. The van der Waals surface area contributed by atoms with E-state index in [1.54, 1.807) is 18.5 Å². The predicted molar refractivity (Wildman–Crippen MR) is 45.9 cm³/mol. The summed E-state index contributed by atoms with van der Waals surface area (Å²) in [6.07, 6.45) is 2.73. The Hall–Kier alpha value is -1.40. The number of hydrogen-bond donors (Lipinski definition) is 1. The lowest BCUT2D eigenvalue weighted by molar-refractivity contribution is -0.169. The lowest BCUT2D eigenvalue weighted by Gasteiger charge is -2.13. The van der Waals surface area contributed by atoms with Crippen molar-refractivity contribution >= 4 is 5.91 Å². The van der Waals surface area contributed by atoms with E-state index in [1.807, 2.05) is 0 Å². The lowest BCUT2D eigenvalue weighted by atomic mass is 10.4. The maximum Gasteiger partial charge on any atom is 0.267 e. The van der Waals surface area contributed by atoms with Gasteiger partial charge >= 0.3 is 0 Å². The summed E-state index contributed by atoms with van der Waals surface area (Å²) in [7, 11) is 0. The number of aromatic nitrogens is 2. The van der Waals surface area contributed by atoms with Gasteiger partial charge in [-0.05, 0) is 6.07 Å². The van der Waals surface area contributed by atoms with Crippen LogP contribution in [0.5, 0.6) is 0 Å². The zero-order valence-corrected chi connectivity index (χ0v) is 7.54. The molecule has 1 aromatic rings. The Morgan fingerprint density at radius 3 is 3.14 bits per heavy atom. The highest BCUT2D eigenvalue weighted by Gasteiger charge is 2.25. The fraction of sp³-hybridized carbons (Fsp3) is 0.500. The molecule has 1 amide bonds. The van der Waals surface area contributed by atoms with E-state index in [2.05, 4.69) is 5.10 Å². The number of β-amino-alcohol motifs (C(OH)–C–C–N with tert-alkyl or cyclic N) is 1. The number of aliphatic hydroxyl groups is 1. The molecule has 0 spiro atoms. The maximum absolute atomic E-state index is 11.5. The van der Waals surface area contributed by atoms with Crippen molar-refractivity contribution in [1.29, 1.82) is 0 Å². The molecule has 0 saturated carbocycles. The third kappa shape index (κ3) is 1.91. The molecule has 1 saturated heterocycles. The van der Waals surface area contributed by atoms with Crippen molar-refractivity contribution in [3.63, 3.8) is 0 Å². The molecule has 0 bridgehead atoms. The van der Waals surface area contributed by atoms with Gasteiger partial charge in [-0.25, -0.2) is 5.06 Å². The first-order valence-electron chi connectivity index (χ1n) is 4.34. The third-order valence-corrected chi connectivity index (χ3v) is 1.93. The van der Waals surface area contributed by atoms with Crippen LogP contribution in [0.15, 0.2) is 18.5 Å². The van der Waals surface area contributed by atoms with Gasteiger partial charge in [0.1, 0.15) is 13.2 Å². The number of nitrogens with zero attached hydrogens (tertiary/aromatic N) is 3. The topological polar surface area (TPSA) is 67.6 Å².